The van der Waals surface area contributed by atoms with Crippen LogP contribution < -0.4 is 5.56 Å². The first-order valence-electron chi connectivity index (χ1n) is 2.90. The van der Waals surface area contributed by atoms with E-state index in [2.05, 4.69) is 5.10 Å². The molecule has 0 aliphatic carbocycles. The lowest BCUT2D eigenvalue weighted by Crippen LogP contribution is -2.19. The van der Waals surface area contributed by atoms with Crippen LogP contribution in [0.25, 0.3) is 0 Å². The minimum Gasteiger partial charge on any atom is -0.268 e. The monoisotopic (exact) mass is 208 g/mol. The van der Waals surface area contributed by atoms with Crippen LogP contribution in [0.15, 0.2) is 22.0 Å². The molecule has 0 aliphatic rings. The van der Waals surface area contributed by atoms with E-state index >= 15 is 0 Å². The van der Waals surface area contributed by atoms with Crippen LogP contribution in [0.3, 0.4) is 0 Å². The first-order chi connectivity index (χ1) is 5.41. The molecular formula is C5H5ClN2O3S. The number of nitrogens with zero attached hydrogens (tertiary/aromatic N) is 2. The van der Waals surface area contributed by atoms with Crippen molar-refractivity contribution >= 4 is 19.7 Å². The van der Waals surface area contributed by atoms with Crippen LogP contribution in [-0.2, 0) is 16.1 Å². The molecule has 12 heavy (non-hydrogen) atoms. The number of hydrogen-bond donors (Lipinski definition) is 0. The number of rotatable bonds is 1. The Kier molecular flexibility index (Phi) is 2.20. The maximum absolute atomic E-state index is 10.8. The van der Waals surface area contributed by atoms with Crippen molar-refractivity contribution in [3.05, 3.63) is 22.5 Å². The number of halogens is 1. The molecular weight excluding hydrogens is 204 g/mol. The first-order valence-corrected chi connectivity index (χ1v) is 5.21. The number of hydrogen-bond acceptors (Lipinski definition) is 4. The Morgan fingerprint density at radius 3 is 2.50 bits per heavy atom. The average Bonchev–Trinajstić information content (AvgIpc) is 1.92. The summed E-state index contributed by atoms with van der Waals surface area (Å²) in [4.78, 5) is 10.8. The zero-order valence-corrected chi connectivity index (χ0v) is 7.63. The highest BCUT2D eigenvalue weighted by Gasteiger charge is 2.11. The smallest absolute Gasteiger partial charge is 0.268 e. The fraction of sp³-hybridized carbons (Fsp3) is 0.200. The van der Waals surface area contributed by atoms with E-state index in [0.717, 1.165) is 16.8 Å². The maximum Gasteiger partial charge on any atom is 0.280 e. The van der Waals surface area contributed by atoms with E-state index in [9.17, 15) is 13.2 Å². The molecule has 1 aromatic rings. The Morgan fingerprint density at radius 1 is 1.50 bits per heavy atom. The fourth-order valence-electron chi connectivity index (χ4n) is 0.611. The number of aromatic nitrogens is 2. The van der Waals surface area contributed by atoms with Gasteiger partial charge in [-0.05, 0) is 6.07 Å². The van der Waals surface area contributed by atoms with Gasteiger partial charge in [0.1, 0.15) is 0 Å². The van der Waals surface area contributed by atoms with Gasteiger partial charge in [0.2, 0.25) is 0 Å². The third kappa shape index (κ3) is 1.83. The highest BCUT2D eigenvalue weighted by Crippen LogP contribution is 2.07. The minimum atomic E-state index is -3.84. The van der Waals surface area contributed by atoms with E-state index in [0.29, 0.717) is 0 Å². The lowest BCUT2D eigenvalue weighted by Gasteiger charge is -1.96. The quantitative estimate of drug-likeness (QED) is 0.595. The molecule has 0 amide bonds. The van der Waals surface area contributed by atoms with Gasteiger partial charge in [-0.15, -0.1) is 0 Å². The third-order valence-electron chi connectivity index (χ3n) is 1.19. The summed E-state index contributed by atoms with van der Waals surface area (Å²) in [5.41, 5.74) is -0.390. The second kappa shape index (κ2) is 2.87. The summed E-state index contributed by atoms with van der Waals surface area (Å²) in [5.74, 6) is 0. The van der Waals surface area contributed by atoms with Crippen LogP contribution in [0.1, 0.15) is 0 Å². The van der Waals surface area contributed by atoms with Crippen molar-refractivity contribution in [2.24, 2.45) is 7.05 Å². The Balaban J connectivity index is 3.43. The Labute approximate surface area is 73.0 Å². The molecule has 0 saturated heterocycles. The van der Waals surface area contributed by atoms with Crippen molar-refractivity contribution in [2.45, 2.75) is 5.03 Å². The van der Waals surface area contributed by atoms with Gasteiger partial charge in [0.05, 0.1) is 0 Å². The molecule has 1 rings (SSSR count). The molecule has 0 N–H and O–H groups in total. The molecule has 0 bridgehead atoms. The molecule has 0 aliphatic heterocycles. The molecule has 0 aromatic carbocycles. The van der Waals surface area contributed by atoms with Crippen molar-refractivity contribution in [3.63, 3.8) is 0 Å². The molecule has 5 nitrogen and oxygen atoms in total. The van der Waals surface area contributed by atoms with E-state index in [4.69, 9.17) is 10.7 Å². The van der Waals surface area contributed by atoms with Crippen LogP contribution in [0.2, 0.25) is 0 Å². The Morgan fingerprint density at radius 2 is 2.08 bits per heavy atom. The molecule has 0 fully saturated rings. The summed E-state index contributed by atoms with van der Waals surface area (Å²) in [6.07, 6.45) is 0. The van der Waals surface area contributed by atoms with Gasteiger partial charge < -0.3 is 0 Å². The summed E-state index contributed by atoms with van der Waals surface area (Å²) >= 11 is 0. The van der Waals surface area contributed by atoms with Gasteiger partial charge in [-0.1, -0.05) is 0 Å². The van der Waals surface area contributed by atoms with Gasteiger partial charge in [-0.25, -0.2) is 13.1 Å². The molecule has 0 unspecified atom stereocenters. The van der Waals surface area contributed by atoms with Crippen molar-refractivity contribution < 1.29 is 8.42 Å². The summed E-state index contributed by atoms with van der Waals surface area (Å²) in [7, 11) is 2.48. The van der Waals surface area contributed by atoms with Crippen molar-refractivity contribution in [3.8, 4) is 0 Å². The second-order valence-electron chi connectivity index (χ2n) is 2.07. The first kappa shape index (κ1) is 9.21. The van der Waals surface area contributed by atoms with Gasteiger partial charge >= 0.3 is 0 Å². The van der Waals surface area contributed by atoms with Gasteiger partial charge in [-0.2, -0.15) is 5.10 Å². The van der Waals surface area contributed by atoms with Crippen LogP contribution in [0, 0.1) is 0 Å². The van der Waals surface area contributed by atoms with Crippen LogP contribution in [0.4, 0.5) is 0 Å². The molecule has 0 saturated carbocycles. The summed E-state index contributed by atoms with van der Waals surface area (Å²) in [5, 5.41) is 3.10. The average molecular weight is 209 g/mol. The molecule has 1 heterocycles. The molecule has 0 spiro atoms. The zero-order chi connectivity index (χ0) is 9.35. The third-order valence-corrected chi connectivity index (χ3v) is 2.38. The van der Waals surface area contributed by atoms with E-state index in [1.807, 2.05) is 0 Å². The van der Waals surface area contributed by atoms with E-state index < -0.39 is 9.05 Å². The van der Waals surface area contributed by atoms with Crippen molar-refractivity contribution in [1.82, 2.24) is 9.78 Å². The second-order valence-corrected chi connectivity index (χ2v) is 4.58. The van der Waals surface area contributed by atoms with E-state index in [1.165, 1.54) is 7.05 Å². The van der Waals surface area contributed by atoms with Crippen LogP contribution in [-0.4, -0.2) is 18.2 Å². The molecule has 66 valence electrons. The topological polar surface area (TPSA) is 69.0 Å². The normalized spacial score (nSPS) is 11.5. The van der Waals surface area contributed by atoms with Gasteiger partial charge in [0.15, 0.2) is 5.03 Å². The van der Waals surface area contributed by atoms with Crippen LogP contribution >= 0.6 is 10.7 Å². The predicted octanol–water partition coefficient (Wildman–Crippen LogP) is -0.292. The molecule has 1 aromatic heterocycles. The SMILES string of the molecule is Cn1nc(S(=O)(=O)Cl)ccc1=O. The fourth-order valence-corrected chi connectivity index (χ4v) is 1.31. The summed E-state index contributed by atoms with van der Waals surface area (Å²) in [6.45, 7) is 0. The Hall–Kier alpha value is -0.880. The largest absolute Gasteiger partial charge is 0.280 e. The summed E-state index contributed by atoms with van der Waals surface area (Å²) in [6, 6.07) is 2.15. The standard InChI is InChI=1S/C5H5ClN2O3S/c1-8-5(9)3-2-4(7-8)12(6,10)11/h2-3H,1H3. The van der Waals surface area contributed by atoms with Crippen molar-refractivity contribution in [2.75, 3.05) is 0 Å². The maximum atomic E-state index is 10.8. The highest BCUT2D eigenvalue weighted by molar-refractivity contribution is 8.13. The lowest BCUT2D eigenvalue weighted by molar-refractivity contribution is 0.591. The minimum absolute atomic E-state index is 0.328. The zero-order valence-electron chi connectivity index (χ0n) is 6.06. The molecule has 0 radical (unpaired) electrons. The van der Waals surface area contributed by atoms with Gasteiger partial charge in [0.25, 0.3) is 14.6 Å². The molecule has 0 atom stereocenters. The van der Waals surface area contributed by atoms with E-state index in [1.54, 1.807) is 0 Å². The predicted molar refractivity (Wildman–Crippen MR) is 42.5 cm³/mol. The lowest BCUT2D eigenvalue weighted by atomic mass is 10.6. The number of aryl methyl sites for hydroxylation is 1. The van der Waals surface area contributed by atoms with Gasteiger partial charge in [0, 0.05) is 23.8 Å². The van der Waals surface area contributed by atoms with Gasteiger partial charge in [-0.3, -0.25) is 4.79 Å². The van der Waals surface area contributed by atoms with E-state index in [-0.39, 0.29) is 10.6 Å². The van der Waals surface area contributed by atoms with Crippen LogP contribution in [0.5, 0.6) is 0 Å². The van der Waals surface area contributed by atoms with Crippen molar-refractivity contribution in [1.29, 1.82) is 0 Å². The summed E-state index contributed by atoms with van der Waals surface area (Å²) < 4.78 is 22.3. The molecule has 7 heteroatoms. The highest BCUT2D eigenvalue weighted by atomic mass is 35.7. The Bertz CT molecular complexity index is 450.